The Balaban J connectivity index is 1.50. The van der Waals surface area contributed by atoms with Crippen molar-refractivity contribution in [3.63, 3.8) is 0 Å². The predicted molar refractivity (Wildman–Crippen MR) is 115 cm³/mol. The lowest BCUT2D eigenvalue weighted by Crippen LogP contribution is -2.38. The molecule has 5 heterocycles. The second-order valence-corrected chi connectivity index (χ2v) is 7.64. The van der Waals surface area contributed by atoms with Crippen LogP contribution in [0.3, 0.4) is 0 Å². The van der Waals surface area contributed by atoms with Crippen molar-refractivity contribution in [2.45, 2.75) is 18.8 Å². The van der Waals surface area contributed by atoms with Crippen LogP contribution in [0.2, 0.25) is 0 Å². The highest BCUT2D eigenvalue weighted by Gasteiger charge is 2.28. The average molecular weight is 403 g/mol. The van der Waals surface area contributed by atoms with Gasteiger partial charge in [0.2, 0.25) is 11.9 Å². The number of hydrogen-bond donors (Lipinski definition) is 0. The third kappa shape index (κ3) is 3.95. The summed E-state index contributed by atoms with van der Waals surface area (Å²) in [5.41, 5.74) is 3.19. The van der Waals surface area contributed by atoms with Crippen LogP contribution in [0.15, 0.2) is 49.2 Å². The number of pyridine rings is 1. The van der Waals surface area contributed by atoms with Crippen LogP contribution in [0, 0.1) is 0 Å². The Morgan fingerprint density at radius 3 is 2.53 bits per heavy atom. The third-order valence-corrected chi connectivity index (χ3v) is 5.72. The molecular formula is C22H25N7O. The highest BCUT2D eigenvalue weighted by molar-refractivity contribution is 5.66. The van der Waals surface area contributed by atoms with E-state index in [9.17, 15) is 0 Å². The van der Waals surface area contributed by atoms with Gasteiger partial charge >= 0.3 is 0 Å². The van der Waals surface area contributed by atoms with Gasteiger partial charge in [0, 0.05) is 74.2 Å². The summed E-state index contributed by atoms with van der Waals surface area (Å²) in [5.74, 6) is 1.85. The Morgan fingerprint density at radius 2 is 1.73 bits per heavy atom. The fourth-order valence-corrected chi connectivity index (χ4v) is 4.19. The van der Waals surface area contributed by atoms with E-state index < -0.39 is 0 Å². The first-order chi connectivity index (χ1) is 14.9. The molecule has 0 unspecified atom stereocenters. The van der Waals surface area contributed by atoms with Gasteiger partial charge in [-0.3, -0.25) is 4.98 Å². The van der Waals surface area contributed by atoms with Crippen LogP contribution in [-0.4, -0.2) is 64.3 Å². The van der Waals surface area contributed by atoms with E-state index in [-0.39, 0.29) is 5.92 Å². The summed E-state index contributed by atoms with van der Waals surface area (Å²) in [4.78, 5) is 27.5. The molecule has 0 spiro atoms. The Morgan fingerprint density at radius 1 is 0.867 bits per heavy atom. The minimum atomic E-state index is 0.278. The van der Waals surface area contributed by atoms with E-state index in [1.165, 1.54) is 0 Å². The number of piperidine rings is 1. The molecule has 5 rings (SSSR count). The first-order valence-electron chi connectivity index (χ1n) is 10.5. The van der Waals surface area contributed by atoms with Crippen LogP contribution in [0.25, 0.3) is 11.1 Å². The molecule has 8 heteroatoms. The fraction of sp³-hybridized carbons (Fsp3) is 0.409. The van der Waals surface area contributed by atoms with Gasteiger partial charge in [-0.25, -0.2) is 19.9 Å². The molecule has 3 aromatic rings. The van der Waals surface area contributed by atoms with Crippen LogP contribution >= 0.6 is 0 Å². The molecule has 0 N–H and O–H groups in total. The molecule has 0 radical (unpaired) electrons. The summed E-state index contributed by atoms with van der Waals surface area (Å²) in [6, 6.07) is 5.88. The molecule has 0 aromatic carbocycles. The van der Waals surface area contributed by atoms with Crippen LogP contribution in [-0.2, 0) is 4.74 Å². The van der Waals surface area contributed by atoms with Crippen LogP contribution < -0.4 is 9.80 Å². The van der Waals surface area contributed by atoms with Gasteiger partial charge in [0.1, 0.15) is 0 Å². The number of anilines is 2. The number of hydrogen-bond acceptors (Lipinski definition) is 8. The topological polar surface area (TPSA) is 80.2 Å². The van der Waals surface area contributed by atoms with E-state index in [0.717, 1.165) is 67.7 Å². The van der Waals surface area contributed by atoms with Crippen LogP contribution in [0.5, 0.6) is 0 Å². The average Bonchev–Trinajstić information content (AvgIpc) is 2.85. The molecule has 1 atom stereocenters. The van der Waals surface area contributed by atoms with E-state index in [0.29, 0.717) is 13.2 Å². The first kappa shape index (κ1) is 18.9. The van der Waals surface area contributed by atoms with Crippen molar-refractivity contribution in [2.75, 3.05) is 49.2 Å². The Labute approximate surface area is 176 Å². The smallest absolute Gasteiger partial charge is 0.225 e. The molecule has 154 valence electrons. The number of nitrogens with zero attached hydrogens (tertiary/aromatic N) is 7. The van der Waals surface area contributed by atoms with E-state index in [1.807, 2.05) is 24.5 Å². The lowest BCUT2D eigenvalue weighted by atomic mass is 9.90. The Bertz CT molecular complexity index is 964. The minimum absolute atomic E-state index is 0.278. The third-order valence-electron chi connectivity index (χ3n) is 5.72. The molecule has 0 bridgehead atoms. The quantitative estimate of drug-likeness (QED) is 0.658. The van der Waals surface area contributed by atoms with E-state index in [4.69, 9.17) is 14.7 Å². The SMILES string of the molecule is c1cnc(N2CCC[C@H](c3nc(N4CCOCC4)ncc3-c3cccnc3)C2)nc1. The van der Waals surface area contributed by atoms with Crippen molar-refractivity contribution < 1.29 is 4.74 Å². The van der Waals surface area contributed by atoms with Crippen molar-refractivity contribution >= 4 is 11.9 Å². The molecular weight excluding hydrogens is 378 g/mol. The second-order valence-electron chi connectivity index (χ2n) is 7.64. The molecule has 2 saturated heterocycles. The molecule has 2 fully saturated rings. The molecule has 30 heavy (non-hydrogen) atoms. The van der Waals surface area contributed by atoms with Gasteiger partial charge in [0.25, 0.3) is 0 Å². The van der Waals surface area contributed by atoms with Gasteiger partial charge in [-0.1, -0.05) is 6.07 Å². The standard InChI is InChI=1S/C22H25N7O/c1-4-17(14-23-6-1)19-15-26-22(28-10-12-30-13-11-28)27-20(19)18-5-2-9-29(16-18)21-24-7-3-8-25-21/h1,3-4,6-8,14-15,18H,2,5,9-13,16H2/t18-/m0/s1. The molecule has 2 aliphatic rings. The first-order valence-corrected chi connectivity index (χ1v) is 10.5. The Kier molecular flexibility index (Phi) is 5.48. The highest BCUT2D eigenvalue weighted by atomic mass is 16.5. The minimum Gasteiger partial charge on any atom is -0.378 e. The number of morpholine rings is 1. The van der Waals surface area contributed by atoms with Crippen molar-refractivity contribution in [1.82, 2.24) is 24.9 Å². The molecule has 8 nitrogen and oxygen atoms in total. The summed E-state index contributed by atoms with van der Waals surface area (Å²) < 4.78 is 5.50. The normalized spacial score (nSPS) is 19.7. The van der Waals surface area contributed by atoms with Gasteiger partial charge in [-0.2, -0.15) is 0 Å². The largest absolute Gasteiger partial charge is 0.378 e. The summed E-state index contributed by atoms with van der Waals surface area (Å²) in [7, 11) is 0. The highest BCUT2D eigenvalue weighted by Crippen LogP contribution is 2.34. The molecule has 2 aliphatic heterocycles. The van der Waals surface area contributed by atoms with Crippen molar-refractivity contribution in [1.29, 1.82) is 0 Å². The molecule has 0 saturated carbocycles. The van der Waals surface area contributed by atoms with Crippen molar-refractivity contribution in [3.05, 3.63) is 54.9 Å². The van der Waals surface area contributed by atoms with Gasteiger partial charge in [0.05, 0.1) is 18.9 Å². The zero-order valence-corrected chi connectivity index (χ0v) is 16.9. The van der Waals surface area contributed by atoms with E-state index >= 15 is 0 Å². The molecule has 0 amide bonds. The van der Waals surface area contributed by atoms with Gasteiger partial charge in [0.15, 0.2) is 0 Å². The summed E-state index contributed by atoms with van der Waals surface area (Å²) in [5, 5.41) is 0. The lowest BCUT2D eigenvalue weighted by molar-refractivity contribution is 0.122. The second kappa shape index (κ2) is 8.71. The summed E-state index contributed by atoms with van der Waals surface area (Å²) in [6.45, 7) is 4.87. The zero-order chi connectivity index (χ0) is 20.2. The number of ether oxygens (including phenoxy) is 1. The van der Waals surface area contributed by atoms with Gasteiger partial charge in [-0.15, -0.1) is 0 Å². The molecule has 0 aliphatic carbocycles. The summed E-state index contributed by atoms with van der Waals surface area (Å²) in [6.07, 6.45) is 11.4. The maximum atomic E-state index is 5.50. The number of rotatable bonds is 4. The zero-order valence-electron chi connectivity index (χ0n) is 16.9. The predicted octanol–water partition coefficient (Wildman–Crippen LogP) is 2.55. The summed E-state index contributed by atoms with van der Waals surface area (Å²) >= 11 is 0. The maximum absolute atomic E-state index is 5.50. The molecule has 3 aromatic heterocycles. The fourth-order valence-electron chi connectivity index (χ4n) is 4.19. The van der Waals surface area contributed by atoms with Crippen molar-refractivity contribution in [2.24, 2.45) is 0 Å². The van der Waals surface area contributed by atoms with E-state index in [2.05, 4.69) is 30.8 Å². The maximum Gasteiger partial charge on any atom is 0.225 e. The number of aromatic nitrogens is 5. The Hall–Kier alpha value is -3.13. The van der Waals surface area contributed by atoms with Gasteiger partial charge < -0.3 is 14.5 Å². The monoisotopic (exact) mass is 403 g/mol. The van der Waals surface area contributed by atoms with Crippen LogP contribution in [0.1, 0.15) is 24.5 Å². The van der Waals surface area contributed by atoms with Gasteiger partial charge in [-0.05, 0) is 25.0 Å². The van der Waals surface area contributed by atoms with E-state index in [1.54, 1.807) is 18.6 Å². The van der Waals surface area contributed by atoms with Crippen LogP contribution in [0.4, 0.5) is 11.9 Å². The lowest BCUT2D eigenvalue weighted by Gasteiger charge is -2.34. The van der Waals surface area contributed by atoms with Crippen molar-refractivity contribution in [3.8, 4) is 11.1 Å².